The van der Waals surface area contributed by atoms with Crippen molar-refractivity contribution in [3.05, 3.63) is 4.91 Å². The van der Waals surface area contributed by atoms with Gasteiger partial charge in [0.05, 0.1) is 6.04 Å². The molecular weight excluding hydrogens is 142 g/mol. The van der Waals surface area contributed by atoms with Crippen molar-refractivity contribution in [2.75, 3.05) is 0 Å². The Kier molecular flexibility index (Phi) is 2.74. The quantitative estimate of drug-likeness (QED) is 0.584. The van der Waals surface area contributed by atoms with Gasteiger partial charge in [0.25, 0.3) is 0 Å². The molecule has 1 aliphatic carbocycles. The molecule has 0 aromatic carbocycles. The summed E-state index contributed by atoms with van der Waals surface area (Å²) in [5, 5.41) is 2.90. The second-order valence-electron chi connectivity index (χ2n) is 3.15. The third kappa shape index (κ3) is 1.85. The number of nitrogens with zero attached hydrogens (tertiary/aromatic N) is 1. The summed E-state index contributed by atoms with van der Waals surface area (Å²) in [6, 6.07) is -0.223. The van der Waals surface area contributed by atoms with Crippen LogP contribution in [0, 0.1) is 10.8 Å². The van der Waals surface area contributed by atoms with E-state index in [1.165, 1.54) is 0 Å². The van der Waals surface area contributed by atoms with Crippen LogP contribution in [0.4, 0.5) is 0 Å². The number of hydrogen-bond donors (Lipinski definition) is 0. The number of rotatable bonds is 3. The van der Waals surface area contributed by atoms with Gasteiger partial charge in [0.1, 0.15) is 5.78 Å². The monoisotopic (exact) mass is 155 g/mol. The first-order valence-electron chi connectivity index (χ1n) is 4.13. The first kappa shape index (κ1) is 8.37. The van der Waals surface area contributed by atoms with Gasteiger partial charge in [-0.05, 0) is 12.8 Å². The third-order valence-corrected chi connectivity index (χ3v) is 2.23. The van der Waals surface area contributed by atoms with Gasteiger partial charge in [-0.15, -0.1) is 0 Å². The van der Waals surface area contributed by atoms with E-state index in [4.69, 9.17) is 0 Å². The van der Waals surface area contributed by atoms with Crippen molar-refractivity contribution >= 4 is 5.78 Å². The highest BCUT2D eigenvalue weighted by atomic mass is 16.3. The van der Waals surface area contributed by atoms with Crippen LogP contribution in [0.25, 0.3) is 0 Å². The lowest BCUT2D eigenvalue weighted by Crippen LogP contribution is -2.04. The predicted molar refractivity (Wildman–Crippen MR) is 42.2 cm³/mol. The highest BCUT2D eigenvalue weighted by Gasteiger charge is 2.32. The van der Waals surface area contributed by atoms with Crippen LogP contribution in [0.3, 0.4) is 0 Å². The maximum atomic E-state index is 11.1. The standard InChI is InChI=1S/C8H13NO2/c1-2-3-6-4-7(9-11)5-8(6)10/h6-7H,2-5H2,1H3/t6-,7+/m1/s1. The van der Waals surface area contributed by atoms with Crippen molar-refractivity contribution in [3.8, 4) is 0 Å². The molecule has 0 aliphatic heterocycles. The molecule has 62 valence electrons. The molecular formula is C8H13NO2. The second-order valence-corrected chi connectivity index (χ2v) is 3.15. The van der Waals surface area contributed by atoms with Crippen molar-refractivity contribution in [1.82, 2.24) is 0 Å². The van der Waals surface area contributed by atoms with Crippen LogP contribution in [0.15, 0.2) is 5.18 Å². The van der Waals surface area contributed by atoms with Crippen LogP contribution < -0.4 is 0 Å². The molecule has 0 bridgehead atoms. The van der Waals surface area contributed by atoms with Gasteiger partial charge in [-0.1, -0.05) is 18.5 Å². The third-order valence-electron chi connectivity index (χ3n) is 2.23. The Balaban J connectivity index is 2.44. The number of Topliss-reactive ketones (excluding diaryl/α,β-unsaturated/α-hetero) is 1. The van der Waals surface area contributed by atoms with E-state index in [0.29, 0.717) is 12.8 Å². The minimum Gasteiger partial charge on any atom is -0.299 e. The normalized spacial score (nSPS) is 30.8. The molecule has 0 spiro atoms. The summed E-state index contributed by atoms with van der Waals surface area (Å²) in [5.74, 6) is 0.360. The maximum Gasteiger partial charge on any atom is 0.138 e. The Morgan fingerprint density at radius 3 is 2.82 bits per heavy atom. The lowest BCUT2D eigenvalue weighted by Gasteiger charge is -2.02. The minimum absolute atomic E-state index is 0.127. The fraction of sp³-hybridized carbons (Fsp3) is 0.875. The molecule has 0 radical (unpaired) electrons. The molecule has 1 aliphatic rings. The second kappa shape index (κ2) is 3.60. The summed E-state index contributed by atoms with van der Waals surface area (Å²) < 4.78 is 0. The zero-order valence-electron chi connectivity index (χ0n) is 6.75. The molecule has 0 amide bonds. The molecule has 2 atom stereocenters. The van der Waals surface area contributed by atoms with E-state index in [-0.39, 0.29) is 17.7 Å². The molecule has 3 heteroatoms. The molecule has 0 aromatic heterocycles. The van der Waals surface area contributed by atoms with E-state index >= 15 is 0 Å². The van der Waals surface area contributed by atoms with Gasteiger partial charge in [-0.2, -0.15) is 4.91 Å². The van der Waals surface area contributed by atoms with Crippen molar-refractivity contribution in [3.63, 3.8) is 0 Å². The summed E-state index contributed by atoms with van der Waals surface area (Å²) in [6.45, 7) is 2.05. The topological polar surface area (TPSA) is 46.5 Å². The van der Waals surface area contributed by atoms with Gasteiger partial charge < -0.3 is 0 Å². The van der Waals surface area contributed by atoms with E-state index in [0.717, 1.165) is 12.8 Å². The van der Waals surface area contributed by atoms with Crippen LogP contribution in [-0.2, 0) is 4.79 Å². The van der Waals surface area contributed by atoms with E-state index in [1.54, 1.807) is 0 Å². The number of carbonyl (C=O) groups is 1. The van der Waals surface area contributed by atoms with Crippen LogP contribution >= 0.6 is 0 Å². The van der Waals surface area contributed by atoms with Gasteiger partial charge in [0, 0.05) is 12.3 Å². The largest absolute Gasteiger partial charge is 0.299 e. The lowest BCUT2D eigenvalue weighted by molar-refractivity contribution is -0.120. The summed E-state index contributed by atoms with van der Waals surface area (Å²) >= 11 is 0. The molecule has 0 unspecified atom stereocenters. The average molecular weight is 155 g/mol. The van der Waals surface area contributed by atoms with E-state index in [9.17, 15) is 9.70 Å². The molecule has 0 saturated heterocycles. The van der Waals surface area contributed by atoms with Crippen LogP contribution in [0.2, 0.25) is 0 Å². The predicted octanol–water partition coefficient (Wildman–Crippen LogP) is 1.90. The van der Waals surface area contributed by atoms with Gasteiger partial charge in [-0.3, -0.25) is 4.79 Å². The maximum absolute atomic E-state index is 11.1. The Morgan fingerprint density at radius 1 is 1.64 bits per heavy atom. The van der Waals surface area contributed by atoms with Crippen LogP contribution in [-0.4, -0.2) is 11.8 Å². The molecule has 1 saturated carbocycles. The van der Waals surface area contributed by atoms with E-state index in [1.807, 2.05) is 0 Å². The van der Waals surface area contributed by atoms with E-state index < -0.39 is 0 Å². The number of carbonyl (C=O) groups excluding carboxylic acids is 1. The van der Waals surface area contributed by atoms with Crippen LogP contribution in [0.5, 0.6) is 0 Å². The van der Waals surface area contributed by atoms with Gasteiger partial charge in [0.2, 0.25) is 0 Å². The lowest BCUT2D eigenvalue weighted by atomic mass is 10.0. The molecule has 11 heavy (non-hydrogen) atoms. The SMILES string of the molecule is CCC[C@@H]1C[C@H](N=O)CC1=O. The number of hydrogen-bond acceptors (Lipinski definition) is 3. The zero-order chi connectivity index (χ0) is 8.27. The Bertz CT molecular complexity index is 167. The summed E-state index contributed by atoms with van der Waals surface area (Å²) in [4.78, 5) is 21.2. The first-order chi connectivity index (χ1) is 5.27. The van der Waals surface area contributed by atoms with E-state index in [2.05, 4.69) is 12.1 Å². The number of nitroso groups, excluding NO2 is 1. The van der Waals surface area contributed by atoms with Crippen molar-refractivity contribution in [2.24, 2.45) is 11.1 Å². The highest BCUT2D eigenvalue weighted by molar-refractivity contribution is 5.83. The van der Waals surface area contributed by atoms with Crippen molar-refractivity contribution in [1.29, 1.82) is 0 Å². The van der Waals surface area contributed by atoms with Crippen molar-refractivity contribution in [2.45, 2.75) is 38.6 Å². The molecule has 0 aromatic rings. The molecule has 1 fully saturated rings. The average Bonchev–Trinajstić information content (AvgIpc) is 2.33. The zero-order valence-corrected chi connectivity index (χ0v) is 6.75. The molecule has 0 heterocycles. The summed E-state index contributed by atoms with van der Waals surface area (Å²) in [6.07, 6.45) is 3.01. The smallest absolute Gasteiger partial charge is 0.138 e. The van der Waals surface area contributed by atoms with Gasteiger partial charge in [0.15, 0.2) is 0 Å². The Labute approximate surface area is 66.1 Å². The number of ketones is 1. The molecule has 3 nitrogen and oxygen atoms in total. The fourth-order valence-corrected chi connectivity index (χ4v) is 1.65. The van der Waals surface area contributed by atoms with Crippen LogP contribution in [0.1, 0.15) is 32.6 Å². The van der Waals surface area contributed by atoms with Gasteiger partial charge in [-0.25, -0.2) is 0 Å². The summed E-state index contributed by atoms with van der Waals surface area (Å²) in [5.41, 5.74) is 0. The highest BCUT2D eigenvalue weighted by Crippen LogP contribution is 2.27. The Morgan fingerprint density at radius 2 is 2.36 bits per heavy atom. The Hall–Kier alpha value is -0.730. The van der Waals surface area contributed by atoms with Crippen molar-refractivity contribution < 1.29 is 4.79 Å². The molecule has 0 N–H and O–H groups in total. The minimum atomic E-state index is -0.223. The fourth-order valence-electron chi connectivity index (χ4n) is 1.65. The molecule has 1 rings (SSSR count). The van der Waals surface area contributed by atoms with Gasteiger partial charge >= 0.3 is 0 Å². The summed E-state index contributed by atoms with van der Waals surface area (Å²) in [7, 11) is 0. The first-order valence-corrected chi connectivity index (χ1v) is 4.13.